The van der Waals surface area contributed by atoms with E-state index in [9.17, 15) is 4.79 Å². The van der Waals surface area contributed by atoms with Crippen molar-refractivity contribution in [1.82, 2.24) is 0 Å². The summed E-state index contributed by atoms with van der Waals surface area (Å²) in [7, 11) is 0. The summed E-state index contributed by atoms with van der Waals surface area (Å²) in [5, 5.41) is 0. The molecule has 0 radical (unpaired) electrons. The number of esters is 1. The minimum absolute atomic E-state index is 0. The van der Waals surface area contributed by atoms with Gasteiger partial charge in [-0.3, -0.25) is 0 Å². The molecule has 22 heavy (non-hydrogen) atoms. The van der Waals surface area contributed by atoms with Crippen LogP contribution in [-0.4, -0.2) is 42.1 Å². The number of carbonyl (C=O) groups excluding carboxylic acids is 1. The Bertz CT molecular complexity index is 242. The van der Waals surface area contributed by atoms with E-state index in [1.807, 2.05) is 0 Å². The van der Waals surface area contributed by atoms with Crippen LogP contribution in [0.4, 0.5) is 0 Å². The van der Waals surface area contributed by atoms with Crippen molar-refractivity contribution in [3.05, 3.63) is 12.7 Å². The molecule has 0 saturated carbocycles. The van der Waals surface area contributed by atoms with Gasteiger partial charge in [-0.25, -0.2) is 4.79 Å². The van der Waals surface area contributed by atoms with Crippen molar-refractivity contribution in [2.45, 2.75) is 96.8 Å². The molecule has 0 rings (SSSR count). The molecule has 0 aromatic heterocycles. The van der Waals surface area contributed by atoms with Gasteiger partial charge in [0, 0.05) is 6.08 Å². The zero-order valence-corrected chi connectivity index (χ0v) is 14.2. The first-order chi connectivity index (χ1) is 10.3. The molecule has 0 aliphatic carbocycles. The van der Waals surface area contributed by atoms with Crippen LogP contribution < -0.4 is 0 Å². The summed E-state index contributed by atoms with van der Waals surface area (Å²) in [5.41, 5.74) is 0. The summed E-state index contributed by atoms with van der Waals surface area (Å²) < 4.78 is 4.94. The van der Waals surface area contributed by atoms with E-state index in [-0.39, 0.29) is 35.5 Å². The van der Waals surface area contributed by atoms with Crippen molar-refractivity contribution in [1.29, 1.82) is 0 Å². The van der Waals surface area contributed by atoms with Gasteiger partial charge < -0.3 is 4.74 Å². The predicted molar refractivity (Wildman–Crippen MR) is 98.6 cm³/mol. The Kier molecular flexibility index (Phi) is 23.6. The fraction of sp³-hybridized carbons (Fsp3) is 0.842. The van der Waals surface area contributed by atoms with Gasteiger partial charge in [-0.2, -0.15) is 0 Å². The summed E-state index contributed by atoms with van der Waals surface area (Å²) in [6.45, 7) is 6.19. The third-order valence-corrected chi connectivity index (χ3v) is 3.91. The molecular formula is C19H37NaO2. The molecule has 0 saturated heterocycles. The molecule has 0 aromatic carbocycles. The Morgan fingerprint density at radius 2 is 1.14 bits per heavy atom. The van der Waals surface area contributed by atoms with Crippen LogP contribution in [0.15, 0.2) is 12.7 Å². The van der Waals surface area contributed by atoms with E-state index in [1.54, 1.807) is 0 Å². The summed E-state index contributed by atoms with van der Waals surface area (Å²) >= 11 is 0. The monoisotopic (exact) mass is 320 g/mol. The van der Waals surface area contributed by atoms with E-state index in [0.717, 1.165) is 6.42 Å². The van der Waals surface area contributed by atoms with Crippen LogP contribution in [0.5, 0.6) is 0 Å². The molecule has 0 aliphatic rings. The van der Waals surface area contributed by atoms with Gasteiger partial charge in [-0.15, -0.1) is 0 Å². The van der Waals surface area contributed by atoms with Gasteiger partial charge in [0.25, 0.3) is 0 Å². The second-order valence-corrected chi connectivity index (χ2v) is 5.97. The fourth-order valence-electron chi connectivity index (χ4n) is 2.53. The SMILES string of the molecule is C=CC(=O)OCCCCCCCCCCCCCCCC.[NaH]. The number of hydrogen-bond donors (Lipinski definition) is 0. The van der Waals surface area contributed by atoms with Crippen LogP contribution in [0.2, 0.25) is 0 Å². The number of ether oxygens (including phenoxy) is 1. The first kappa shape index (κ1) is 24.5. The Labute approximate surface area is 160 Å². The van der Waals surface area contributed by atoms with Crippen molar-refractivity contribution in [2.75, 3.05) is 6.61 Å². The quantitative estimate of drug-likeness (QED) is 0.161. The van der Waals surface area contributed by atoms with Crippen LogP contribution in [-0.2, 0) is 9.53 Å². The second kappa shape index (κ2) is 21.2. The van der Waals surface area contributed by atoms with Crippen molar-refractivity contribution >= 4 is 35.5 Å². The number of hydrogen-bond acceptors (Lipinski definition) is 2. The Morgan fingerprint density at radius 3 is 1.50 bits per heavy atom. The Hall–Kier alpha value is 0.210. The van der Waals surface area contributed by atoms with Gasteiger partial charge in [0.1, 0.15) is 0 Å². The molecule has 0 amide bonds. The predicted octanol–water partition coefficient (Wildman–Crippen LogP) is 5.55. The molecule has 0 aliphatic heterocycles. The van der Waals surface area contributed by atoms with Crippen LogP contribution in [0, 0.1) is 0 Å². The van der Waals surface area contributed by atoms with Crippen LogP contribution >= 0.6 is 0 Å². The second-order valence-electron chi connectivity index (χ2n) is 5.97. The molecule has 0 bridgehead atoms. The third-order valence-electron chi connectivity index (χ3n) is 3.91. The summed E-state index contributed by atoms with van der Waals surface area (Å²) in [6, 6.07) is 0. The van der Waals surface area contributed by atoms with E-state index in [1.165, 1.54) is 89.5 Å². The molecule has 0 atom stereocenters. The maximum atomic E-state index is 10.8. The summed E-state index contributed by atoms with van der Waals surface area (Å²) in [6.07, 6.45) is 20.0. The van der Waals surface area contributed by atoms with Crippen molar-refractivity contribution in [3.63, 3.8) is 0 Å². The first-order valence-corrected chi connectivity index (χ1v) is 9.10. The Morgan fingerprint density at radius 1 is 0.773 bits per heavy atom. The topological polar surface area (TPSA) is 26.3 Å². The maximum absolute atomic E-state index is 10.8. The summed E-state index contributed by atoms with van der Waals surface area (Å²) in [4.78, 5) is 10.8. The van der Waals surface area contributed by atoms with Crippen molar-refractivity contribution in [3.8, 4) is 0 Å². The molecule has 0 aromatic rings. The van der Waals surface area contributed by atoms with Crippen LogP contribution in [0.25, 0.3) is 0 Å². The zero-order chi connectivity index (χ0) is 15.6. The van der Waals surface area contributed by atoms with E-state index in [0.29, 0.717) is 6.61 Å². The molecule has 0 heterocycles. The first-order valence-electron chi connectivity index (χ1n) is 9.10. The van der Waals surface area contributed by atoms with Gasteiger partial charge in [0.05, 0.1) is 6.61 Å². The Balaban J connectivity index is 0. The molecule has 0 fully saturated rings. The van der Waals surface area contributed by atoms with Crippen LogP contribution in [0.3, 0.4) is 0 Å². The molecule has 0 N–H and O–H groups in total. The number of carbonyl (C=O) groups is 1. The van der Waals surface area contributed by atoms with E-state index >= 15 is 0 Å². The molecule has 2 nitrogen and oxygen atoms in total. The van der Waals surface area contributed by atoms with Gasteiger partial charge in [0.2, 0.25) is 0 Å². The molecule has 3 heteroatoms. The van der Waals surface area contributed by atoms with Gasteiger partial charge >= 0.3 is 35.5 Å². The van der Waals surface area contributed by atoms with E-state index < -0.39 is 0 Å². The fourth-order valence-corrected chi connectivity index (χ4v) is 2.53. The van der Waals surface area contributed by atoms with Gasteiger partial charge in [0.15, 0.2) is 0 Å². The van der Waals surface area contributed by atoms with Crippen LogP contribution in [0.1, 0.15) is 96.8 Å². The minimum atomic E-state index is -0.301. The standard InChI is InChI=1S/C19H36O2.Na.H/c1-3-5-6-7-8-9-10-11-12-13-14-15-16-17-18-21-19(20)4-2;;/h4H,2-3,5-18H2,1H3;;. The molecule has 126 valence electrons. The zero-order valence-electron chi connectivity index (χ0n) is 14.2. The third kappa shape index (κ3) is 20.2. The van der Waals surface area contributed by atoms with Gasteiger partial charge in [-0.1, -0.05) is 97.0 Å². The number of unbranched alkanes of at least 4 members (excludes halogenated alkanes) is 13. The van der Waals surface area contributed by atoms with Gasteiger partial charge in [-0.05, 0) is 6.42 Å². The van der Waals surface area contributed by atoms with Crippen molar-refractivity contribution < 1.29 is 9.53 Å². The molecule has 0 spiro atoms. The number of rotatable bonds is 16. The van der Waals surface area contributed by atoms with E-state index in [4.69, 9.17) is 4.74 Å². The summed E-state index contributed by atoms with van der Waals surface area (Å²) in [5.74, 6) is -0.301. The van der Waals surface area contributed by atoms with Crippen molar-refractivity contribution in [2.24, 2.45) is 0 Å². The molecular weight excluding hydrogens is 283 g/mol. The average molecular weight is 320 g/mol. The average Bonchev–Trinajstić information content (AvgIpc) is 2.50. The normalized spacial score (nSPS) is 10.0. The van der Waals surface area contributed by atoms with E-state index in [2.05, 4.69) is 13.5 Å². The molecule has 0 unspecified atom stereocenters.